The molecule has 1 saturated heterocycles. The average Bonchev–Trinajstić information content (AvgIpc) is 3.05. The van der Waals surface area contributed by atoms with Gasteiger partial charge in [0.25, 0.3) is 0 Å². The molecule has 7 heteroatoms. The van der Waals surface area contributed by atoms with Gasteiger partial charge in [0.15, 0.2) is 0 Å². The minimum absolute atomic E-state index is 0.00773. The van der Waals surface area contributed by atoms with Gasteiger partial charge in [-0.2, -0.15) is 0 Å². The van der Waals surface area contributed by atoms with Crippen LogP contribution in [0.5, 0.6) is 0 Å². The monoisotopic (exact) mass is 427 g/mol. The maximum Gasteiger partial charge on any atom is 0.322 e. The Hall–Kier alpha value is -2.38. The first kappa shape index (κ1) is 20.9. The van der Waals surface area contributed by atoms with Crippen LogP contribution in [0, 0.1) is 0 Å². The van der Waals surface area contributed by atoms with Gasteiger partial charge >= 0.3 is 6.03 Å². The molecule has 30 heavy (non-hydrogen) atoms. The van der Waals surface area contributed by atoms with Crippen molar-refractivity contribution in [2.24, 2.45) is 0 Å². The summed E-state index contributed by atoms with van der Waals surface area (Å²) in [5.41, 5.74) is 2.52. The van der Waals surface area contributed by atoms with Crippen molar-refractivity contribution < 1.29 is 13.2 Å². The van der Waals surface area contributed by atoms with Crippen LogP contribution in [0.3, 0.4) is 0 Å². The molecule has 1 aliphatic carbocycles. The molecule has 0 bridgehead atoms. The van der Waals surface area contributed by atoms with E-state index in [4.69, 9.17) is 0 Å². The number of amides is 2. The van der Waals surface area contributed by atoms with Crippen LogP contribution < -0.4 is 10.2 Å². The number of rotatable bonds is 5. The van der Waals surface area contributed by atoms with Crippen LogP contribution in [0.4, 0.5) is 10.5 Å². The highest BCUT2D eigenvalue weighted by atomic mass is 32.2. The summed E-state index contributed by atoms with van der Waals surface area (Å²) in [6.07, 6.45) is 3.73. The number of nitrogens with one attached hydrogen (secondary N) is 1. The van der Waals surface area contributed by atoms with Gasteiger partial charge < -0.3 is 5.32 Å². The molecule has 2 aromatic rings. The molecular formula is C23H29N3O3S. The van der Waals surface area contributed by atoms with Crippen LogP contribution in [0.1, 0.15) is 36.8 Å². The Morgan fingerprint density at radius 2 is 1.70 bits per heavy atom. The Kier molecular flexibility index (Phi) is 5.59. The lowest BCUT2D eigenvalue weighted by atomic mass is 9.69. The van der Waals surface area contributed by atoms with Crippen LogP contribution in [0.15, 0.2) is 54.6 Å². The summed E-state index contributed by atoms with van der Waals surface area (Å²) in [5, 5.41) is 3.26. The number of hydrogen-bond acceptors (Lipinski definition) is 4. The molecule has 2 aromatic carbocycles. The van der Waals surface area contributed by atoms with E-state index in [0.717, 1.165) is 31.4 Å². The first-order valence-corrected chi connectivity index (χ1v) is 11.7. The minimum atomic E-state index is -2.49. The normalized spacial score (nSPS) is 26.5. The second kappa shape index (κ2) is 8.04. The summed E-state index contributed by atoms with van der Waals surface area (Å²) in [4.78, 5) is 16.9. The summed E-state index contributed by atoms with van der Waals surface area (Å²) >= 11 is 0. The Morgan fingerprint density at radius 3 is 2.33 bits per heavy atom. The van der Waals surface area contributed by atoms with Crippen LogP contribution in [-0.4, -0.2) is 45.5 Å². The molecule has 1 heterocycles. The van der Waals surface area contributed by atoms with E-state index in [1.165, 1.54) is 5.56 Å². The lowest BCUT2D eigenvalue weighted by molar-refractivity contribution is 0.0658. The molecule has 6 nitrogen and oxygen atoms in total. The molecule has 0 aromatic heterocycles. The topological polar surface area (TPSA) is 69.7 Å². The molecule has 0 radical (unpaired) electrons. The van der Waals surface area contributed by atoms with Gasteiger partial charge in [-0.1, -0.05) is 42.5 Å². The van der Waals surface area contributed by atoms with Crippen LogP contribution in [0.2, 0.25) is 0 Å². The van der Waals surface area contributed by atoms with Gasteiger partial charge in [0, 0.05) is 11.2 Å². The molecule has 2 fully saturated rings. The summed E-state index contributed by atoms with van der Waals surface area (Å²) in [7, 11) is 1.78. The van der Waals surface area contributed by atoms with Crippen LogP contribution in [-0.2, 0) is 22.0 Å². The molecule has 2 amide bonds. The van der Waals surface area contributed by atoms with Crippen LogP contribution in [0.25, 0.3) is 0 Å². The lowest BCUT2D eigenvalue weighted by Gasteiger charge is -2.48. The van der Waals surface area contributed by atoms with Crippen molar-refractivity contribution in [1.82, 2.24) is 10.2 Å². The summed E-state index contributed by atoms with van der Waals surface area (Å²) < 4.78 is 22.2. The van der Waals surface area contributed by atoms with Crippen molar-refractivity contribution in [3.63, 3.8) is 0 Å². The van der Waals surface area contributed by atoms with E-state index >= 15 is 0 Å². The van der Waals surface area contributed by atoms with E-state index in [0.29, 0.717) is 12.1 Å². The Labute approximate surface area is 179 Å². The Bertz CT molecular complexity index is 988. The molecular weight excluding hydrogens is 398 g/mol. The first-order valence-electron chi connectivity index (χ1n) is 10.4. The standard InChI is InChI=1S/C23H29N3O3S/c1-25(2)23(19-8-4-3-5-9-19)13-11-22(12-14-23)17-26(21(27)24-22)20-10-6-7-18(15-20)16-30(28)29/h3-10,15,30H,11-14,16-17H2,1-2H3,(H,24,27). The molecule has 1 spiro atoms. The second-order valence-corrected chi connectivity index (χ2v) is 9.73. The maximum atomic E-state index is 12.8. The minimum Gasteiger partial charge on any atom is -0.330 e. The summed E-state index contributed by atoms with van der Waals surface area (Å²) in [6.45, 7) is 0.608. The van der Waals surface area contributed by atoms with Gasteiger partial charge in [0.2, 0.25) is 0 Å². The number of nitrogens with zero attached hydrogens (tertiary/aromatic N) is 2. The quantitative estimate of drug-likeness (QED) is 0.720. The van der Waals surface area contributed by atoms with Gasteiger partial charge in [0.05, 0.1) is 17.8 Å². The summed E-state index contributed by atoms with van der Waals surface area (Å²) in [5.74, 6) is -0.00773. The zero-order chi connectivity index (χ0) is 21.4. The van der Waals surface area contributed by atoms with E-state index in [1.807, 2.05) is 18.2 Å². The largest absolute Gasteiger partial charge is 0.330 e. The second-order valence-electron chi connectivity index (χ2n) is 8.75. The molecule has 2 aliphatic rings. The zero-order valence-electron chi connectivity index (χ0n) is 17.5. The van der Waals surface area contributed by atoms with Crippen molar-refractivity contribution in [2.75, 3.05) is 25.5 Å². The third kappa shape index (κ3) is 3.84. The number of urea groups is 1. The van der Waals surface area contributed by atoms with Crippen molar-refractivity contribution >= 4 is 22.4 Å². The average molecular weight is 428 g/mol. The Morgan fingerprint density at radius 1 is 1.00 bits per heavy atom. The van der Waals surface area contributed by atoms with E-state index in [1.54, 1.807) is 17.0 Å². The van der Waals surface area contributed by atoms with Gasteiger partial charge in [-0.15, -0.1) is 0 Å². The third-order valence-corrected chi connectivity index (χ3v) is 7.44. The molecule has 0 unspecified atom stereocenters. The van der Waals surface area contributed by atoms with Crippen molar-refractivity contribution in [2.45, 2.75) is 42.5 Å². The number of benzene rings is 2. The molecule has 160 valence electrons. The first-order chi connectivity index (χ1) is 14.3. The van der Waals surface area contributed by atoms with Gasteiger partial charge in [-0.3, -0.25) is 9.80 Å². The highest BCUT2D eigenvalue weighted by Crippen LogP contribution is 2.46. The van der Waals surface area contributed by atoms with Gasteiger partial charge in [-0.05, 0) is 63.0 Å². The molecule has 1 aliphatic heterocycles. The summed E-state index contributed by atoms with van der Waals surface area (Å²) in [6, 6.07) is 17.8. The molecule has 4 rings (SSSR count). The highest BCUT2D eigenvalue weighted by molar-refractivity contribution is 7.71. The van der Waals surface area contributed by atoms with Gasteiger partial charge in [0.1, 0.15) is 10.7 Å². The molecule has 1 N–H and O–H groups in total. The number of thiol groups is 1. The van der Waals surface area contributed by atoms with Crippen LogP contribution >= 0.6 is 0 Å². The number of carbonyl (C=O) groups is 1. The fraction of sp³-hybridized carbons (Fsp3) is 0.435. The zero-order valence-corrected chi connectivity index (χ0v) is 18.4. The Balaban J connectivity index is 1.53. The fourth-order valence-electron chi connectivity index (χ4n) is 5.06. The maximum absolute atomic E-state index is 12.8. The van der Waals surface area contributed by atoms with E-state index in [2.05, 4.69) is 48.6 Å². The van der Waals surface area contributed by atoms with Crippen molar-refractivity contribution in [3.05, 3.63) is 65.7 Å². The van der Waals surface area contributed by atoms with Crippen molar-refractivity contribution in [1.29, 1.82) is 0 Å². The lowest BCUT2D eigenvalue weighted by Crippen LogP contribution is -2.54. The SMILES string of the molecule is CN(C)C1(c2ccccc2)CCC2(CC1)CN(c1cccc(C[SH](=O)=O)c1)C(=O)N2. The predicted octanol–water partition coefficient (Wildman–Crippen LogP) is 3.10. The molecule has 0 atom stereocenters. The smallest absolute Gasteiger partial charge is 0.322 e. The number of hydrogen-bond donors (Lipinski definition) is 2. The fourth-order valence-corrected chi connectivity index (χ4v) is 5.55. The molecule has 1 saturated carbocycles. The number of anilines is 1. The van der Waals surface area contributed by atoms with E-state index in [9.17, 15) is 13.2 Å². The van der Waals surface area contributed by atoms with E-state index in [-0.39, 0.29) is 22.9 Å². The van der Waals surface area contributed by atoms with Crippen molar-refractivity contribution in [3.8, 4) is 0 Å². The highest BCUT2D eigenvalue weighted by Gasteiger charge is 2.50. The predicted molar refractivity (Wildman–Crippen MR) is 119 cm³/mol. The third-order valence-electron chi connectivity index (χ3n) is 6.81. The van der Waals surface area contributed by atoms with Gasteiger partial charge in [-0.25, -0.2) is 13.2 Å². The number of carbonyl (C=O) groups excluding carboxylic acids is 1. The van der Waals surface area contributed by atoms with E-state index < -0.39 is 10.7 Å².